The minimum absolute atomic E-state index is 0.827. The van der Waals surface area contributed by atoms with Gasteiger partial charge in [-0.25, -0.2) is 0 Å². The maximum Gasteiger partial charge on any atom is 0.0223 e. The Hall–Kier alpha value is -0.0800. The van der Waals surface area contributed by atoms with E-state index in [0.717, 1.165) is 17.9 Å². The van der Waals surface area contributed by atoms with Gasteiger partial charge in [0.15, 0.2) is 0 Å². The third kappa shape index (κ3) is 3.46. The van der Waals surface area contributed by atoms with Crippen molar-refractivity contribution >= 4 is 0 Å². The predicted octanol–water partition coefficient (Wildman–Crippen LogP) is 2.30. The maximum atomic E-state index is 2.66. The number of rotatable bonds is 0. The van der Waals surface area contributed by atoms with Crippen LogP contribution in [0.15, 0.2) is 0 Å². The fourth-order valence-corrected chi connectivity index (χ4v) is 3.03. The van der Waals surface area contributed by atoms with Crippen molar-refractivity contribution in [1.82, 2.24) is 9.80 Å². The smallest absolute Gasteiger partial charge is 0.0223 e. The fraction of sp³-hybridized carbons (Fsp3) is 1.00. The Labute approximate surface area is 95.6 Å². The van der Waals surface area contributed by atoms with Gasteiger partial charge >= 0.3 is 0 Å². The van der Waals surface area contributed by atoms with Crippen molar-refractivity contribution in [3.63, 3.8) is 0 Å². The van der Waals surface area contributed by atoms with Crippen LogP contribution in [0.3, 0.4) is 0 Å². The summed E-state index contributed by atoms with van der Waals surface area (Å²) in [4.78, 5) is 5.23. The van der Waals surface area contributed by atoms with Gasteiger partial charge in [-0.2, -0.15) is 0 Å². The summed E-state index contributed by atoms with van der Waals surface area (Å²) >= 11 is 0. The van der Waals surface area contributed by atoms with Crippen LogP contribution in [0.25, 0.3) is 0 Å². The van der Waals surface area contributed by atoms with Crippen LogP contribution in [0.1, 0.15) is 34.1 Å². The van der Waals surface area contributed by atoms with Crippen molar-refractivity contribution < 1.29 is 0 Å². The molecule has 2 rings (SSSR count). The molecule has 2 bridgehead atoms. The molecule has 0 aromatic carbocycles. The summed E-state index contributed by atoms with van der Waals surface area (Å²) in [5, 5.41) is 0. The molecule has 4 atom stereocenters. The highest BCUT2D eigenvalue weighted by Gasteiger charge is 2.31. The van der Waals surface area contributed by atoms with Gasteiger partial charge in [0.1, 0.15) is 0 Å². The Morgan fingerprint density at radius 3 is 2.13 bits per heavy atom. The van der Waals surface area contributed by atoms with Gasteiger partial charge in [-0.15, -0.1) is 0 Å². The molecule has 90 valence electrons. The van der Waals surface area contributed by atoms with Gasteiger partial charge in [-0.3, -0.25) is 0 Å². The lowest BCUT2D eigenvalue weighted by molar-refractivity contribution is 0.119. The van der Waals surface area contributed by atoms with Crippen molar-refractivity contribution in [2.24, 2.45) is 11.8 Å². The van der Waals surface area contributed by atoms with E-state index in [1.807, 2.05) is 13.8 Å². The standard InChI is InChI=1S/C11H22N2.C2H6/c1-9-4-11-8-13(6-9)7-10(2)5-12(11)3;1-2/h9-11H,4-8H2,1-3H3;1-2H3. The van der Waals surface area contributed by atoms with Crippen molar-refractivity contribution in [3.05, 3.63) is 0 Å². The quantitative estimate of drug-likeness (QED) is 0.608. The fourth-order valence-electron chi connectivity index (χ4n) is 3.03. The van der Waals surface area contributed by atoms with E-state index in [1.54, 1.807) is 0 Å². The molecule has 2 saturated heterocycles. The number of piperidine rings is 1. The monoisotopic (exact) mass is 212 g/mol. The molecule has 0 aromatic rings. The molecule has 0 N–H and O–H groups in total. The molecule has 2 aliphatic rings. The lowest BCUT2D eigenvalue weighted by Gasteiger charge is -2.37. The van der Waals surface area contributed by atoms with Crippen molar-refractivity contribution in [2.75, 3.05) is 33.2 Å². The van der Waals surface area contributed by atoms with Crippen LogP contribution in [0.5, 0.6) is 0 Å². The Bertz CT molecular complexity index is 181. The first-order chi connectivity index (χ1) is 7.15. The van der Waals surface area contributed by atoms with E-state index in [0.29, 0.717) is 0 Å². The molecule has 0 amide bonds. The average molecular weight is 212 g/mol. The molecule has 2 aliphatic heterocycles. The Morgan fingerprint density at radius 2 is 1.47 bits per heavy atom. The van der Waals surface area contributed by atoms with Crippen LogP contribution in [0.2, 0.25) is 0 Å². The van der Waals surface area contributed by atoms with Crippen LogP contribution in [-0.4, -0.2) is 49.1 Å². The maximum absolute atomic E-state index is 2.66. The van der Waals surface area contributed by atoms with E-state index >= 15 is 0 Å². The molecule has 2 nitrogen and oxygen atoms in total. The van der Waals surface area contributed by atoms with Crippen molar-refractivity contribution in [1.29, 1.82) is 0 Å². The second-order valence-corrected chi connectivity index (χ2v) is 5.26. The van der Waals surface area contributed by atoms with E-state index in [2.05, 4.69) is 30.7 Å². The van der Waals surface area contributed by atoms with Crippen LogP contribution in [0, 0.1) is 11.8 Å². The Morgan fingerprint density at radius 1 is 0.867 bits per heavy atom. The van der Waals surface area contributed by atoms with Crippen LogP contribution in [-0.2, 0) is 0 Å². The summed E-state index contributed by atoms with van der Waals surface area (Å²) < 4.78 is 0. The van der Waals surface area contributed by atoms with E-state index in [-0.39, 0.29) is 0 Å². The summed E-state index contributed by atoms with van der Waals surface area (Å²) in [6.07, 6.45) is 1.40. The minimum Gasteiger partial charge on any atom is -0.302 e. The van der Waals surface area contributed by atoms with Gasteiger partial charge in [0, 0.05) is 32.2 Å². The molecule has 2 heteroatoms. The number of nitrogens with zero attached hydrogens (tertiary/aromatic N) is 2. The molecule has 0 aliphatic carbocycles. The average Bonchev–Trinajstić information content (AvgIpc) is 2.27. The second-order valence-electron chi connectivity index (χ2n) is 5.26. The Balaban J connectivity index is 0.000000531. The molecule has 0 spiro atoms. The SMILES string of the molecule is CC.CC1CC2CN(C1)CC(C)CN2C. The van der Waals surface area contributed by atoms with E-state index in [1.165, 1.54) is 32.6 Å². The summed E-state index contributed by atoms with van der Waals surface area (Å²) in [6, 6.07) is 0.827. The first-order valence-corrected chi connectivity index (χ1v) is 6.57. The lowest BCUT2D eigenvalue weighted by atomic mass is 9.96. The number of hydrogen-bond donors (Lipinski definition) is 0. The van der Waals surface area contributed by atoms with Crippen molar-refractivity contribution in [3.8, 4) is 0 Å². The number of hydrogen-bond acceptors (Lipinski definition) is 2. The summed E-state index contributed by atoms with van der Waals surface area (Å²) in [6.45, 7) is 14.0. The van der Waals surface area contributed by atoms with Gasteiger partial charge in [-0.1, -0.05) is 27.7 Å². The zero-order valence-corrected chi connectivity index (χ0v) is 11.2. The molecule has 2 fully saturated rings. The molecular weight excluding hydrogens is 184 g/mol. The van der Waals surface area contributed by atoms with E-state index < -0.39 is 0 Å². The molecule has 4 unspecified atom stereocenters. The van der Waals surface area contributed by atoms with Crippen LogP contribution in [0.4, 0.5) is 0 Å². The highest BCUT2D eigenvalue weighted by Crippen LogP contribution is 2.24. The zero-order valence-electron chi connectivity index (χ0n) is 11.2. The van der Waals surface area contributed by atoms with E-state index in [9.17, 15) is 0 Å². The normalized spacial score (nSPS) is 41.4. The van der Waals surface area contributed by atoms with Gasteiger partial charge < -0.3 is 9.80 Å². The Kier molecular flexibility index (Phi) is 5.07. The van der Waals surface area contributed by atoms with Gasteiger partial charge in [0.05, 0.1) is 0 Å². The third-order valence-electron chi connectivity index (χ3n) is 3.51. The first-order valence-electron chi connectivity index (χ1n) is 6.57. The van der Waals surface area contributed by atoms with E-state index in [4.69, 9.17) is 0 Å². The second kappa shape index (κ2) is 5.86. The topological polar surface area (TPSA) is 6.48 Å². The van der Waals surface area contributed by atoms with Crippen molar-refractivity contribution in [2.45, 2.75) is 40.2 Å². The molecule has 2 heterocycles. The third-order valence-corrected chi connectivity index (χ3v) is 3.51. The molecule has 15 heavy (non-hydrogen) atoms. The van der Waals surface area contributed by atoms with Gasteiger partial charge in [-0.05, 0) is 25.3 Å². The largest absolute Gasteiger partial charge is 0.302 e. The predicted molar refractivity (Wildman–Crippen MR) is 67.2 cm³/mol. The number of likely N-dealkylation sites (N-methyl/N-ethyl adjacent to an activating group) is 1. The highest BCUT2D eigenvalue weighted by molar-refractivity contribution is 4.87. The minimum atomic E-state index is 0.827. The lowest BCUT2D eigenvalue weighted by Crippen LogP contribution is -2.46. The summed E-state index contributed by atoms with van der Waals surface area (Å²) in [5.74, 6) is 1.74. The zero-order chi connectivity index (χ0) is 11.4. The molecule has 0 aromatic heterocycles. The number of fused-ring (bicyclic) bond motifs is 2. The van der Waals surface area contributed by atoms with Crippen LogP contribution >= 0.6 is 0 Å². The highest BCUT2D eigenvalue weighted by atomic mass is 15.2. The summed E-state index contributed by atoms with van der Waals surface area (Å²) in [7, 11) is 2.29. The van der Waals surface area contributed by atoms with Gasteiger partial charge in [0.25, 0.3) is 0 Å². The molecular formula is C13H28N2. The van der Waals surface area contributed by atoms with Crippen LogP contribution < -0.4 is 0 Å². The molecule has 0 saturated carbocycles. The summed E-state index contributed by atoms with van der Waals surface area (Å²) in [5.41, 5.74) is 0. The first kappa shape index (κ1) is 13.0. The molecule has 0 radical (unpaired) electrons. The van der Waals surface area contributed by atoms with Gasteiger partial charge in [0.2, 0.25) is 0 Å².